The number of ether oxygens (including phenoxy) is 1. The maximum Gasteiger partial charge on any atom is 0.330 e. The van der Waals surface area contributed by atoms with Crippen LogP contribution in [-0.4, -0.2) is 44.0 Å². The summed E-state index contributed by atoms with van der Waals surface area (Å²) in [5.74, 6) is -2.59. The first-order valence-corrected chi connectivity index (χ1v) is 12.6. The van der Waals surface area contributed by atoms with Gasteiger partial charge in [0, 0.05) is 11.6 Å². The number of carbonyl (C=O) groups is 3. The van der Waals surface area contributed by atoms with Gasteiger partial charge in [-0.2, -0.15) is 0 Å². The third kappa shape index (κ3) is 6.66. The Morgan fingerprint density at radius 3 is 2.06 bits per heavy atom. The van der Waals surface area contributed by atoms with E-state index in [0.717, 1.165) is 14.7 Å². The summed E-state index contributed by atoms with van der Waals surface area (Å²) in [6.45, 7) is 10.4. The molecule has 0 saturated carbocycles. The van der Waals surface area contributed by atoms with Gasteiger partial charge in [-0.3, -0.25) is 9.59 Å². The van der Waals surface area contributed by atoms with Gasteiger partial charge in [-0.05, 0) is 72.0 Å². The fourth-order valence-corrected chi connectivity index (χ4v) is 4.92. The van der Waals surface area contributed by atoms with Crippen molar-refractivity contribution < 1.29 is 29.3 Å². The molecule has 0 bridgehead atoms. The first-order valence-electron chi connectivity index (χ1n) is 11.5. The van der Waals surface area contributed by atoms with E-state index in [2.05, 4.69) is 22.6 Å². The van der Waals surface area contributed by atoms with Crippen LogP contribution >= 0.6 is 22.6 Å². The highest BCUT2D eigenvalue weighted by Gasteiger charge is 2.58. The second-order valence-corrected chi connectivity index (χ2v) is 11.7. The SMILES string of the molecule is CC(C)(C)N(C(=O)/C=C/c1cccc(OCc2ccccc2)c1I)[C@@](CC(=O)O)(C(=O)O)C(C)(C)C. The molecule has 0 aliphatic rings. The van der Waals surface area contributed by atoms with Crippen molar-refractivity contribution in [3.05, 3.63) is 69.3 Å². The number of carboxylic acids is 2. The van der Waals surface area contributed by atoms with Crippen LogP contribution in [0.25, 0.3) is 6.08 Å². The lowest BCUT2D eigenvalue weighted by Gasteiger charge is -2.53. The molecule has 0 heterocycles. The summed E-state index contributed by atoms with van der Waals surface area (Å²) in [5, 5.41) is 19.9. The van der Waals surface area contributed by atoms with Crippen LogP contribution in [0.2, 0.25) is 0 Å². The van der Waals surface area contributed by atoms with Gasteiger partial charge in [0.05, 0.1) is 9.99 Å². The monoisotopic (exact) mass is 607 g/mol. The Balaban J connectivity index is 2.45. The van der Waals surface area contributed by atoms with Crippen LogP contribution in [-0.2, 0) is 21.0 Å². The van der Waals surface area contributed by atoms with Crippen LogP contribution < -0.4 is 4.74 Å². The van der Waals surface area contributed by atoms with Crippen molar-refractivity contribution in [2.75, 3.05) is 0 Å². The Bertz CT molecular complexity index is 1130. The number of hydrogen-bond acceptors (Lipinski definition) is 4. The van der Waals surface area contributed by atoms with E-state index in [1.54, 1.807) is 47.6 Å². The Hall–Kier alpha value is -2.88. The minimum Gasteiger partial charge on any atom is -0.488 e. The number of carbonyl (C=O) groups excluding carboxylic acids is 1. The van der Waals surface area contributed by atoms with Gasteiger partial charge in [-0.1, -0.05) is 63.2 Å². The molecule has 1 atom stereocenters. The van der Waals surface area contributed by atoms with Crippen LogP contribution in [0, 0.1) is 8.99 Å². The van der Waals surface area contributed by atoms with Crippen LogP contribution in [0.1, 0.15) is 59.1 Å². The number of hydrogen-bond donors (Lipinski definition) is 2. The van der Waals surface area contributed by atoms with E-state index >= 15 is 0 Å². The second kappa shape index (κ2) is 11.5. The average molecular weight is 607 g/mol. The highest BCUT2D eigenvalue weighted by Crippen LogP contribution is 2.43. The summed E-state index contributed by atoms with van der Waals surface area (Å²) in [4.78, 5) is 39.3. The minimum atomic E-state index is -1.98. The van der Waals surface area contributed by atoms with Crippen LogP contribution in [0.15, 0.2) is 54.6 Å². The molecule has 0 fully saturated rings. The van der Waals surface area contributed by atoms with Gasteiger partial charge in [0.2, 0.25) is 5.91 Å². The van der Waals surface area contributed by atoms with Crippen molar-refractivity contribution in [1.29, 1.82) is 0 Å². The van der Waals surface area contributed by atoms with E-state index < -0.39 is 40.8 Å². The molecule has 0 aliphatic heterocycles. The molecule has 0 aliphatic carbocycles. The van der Waals surface area contributed by atoms with E-state index in [1.165, 1.54) is 11.0 Å². The largest absolute Gasteiger partial charge is 0.488 e. The first-order chi connectivity index (χ1) is 16.6. The topological polar surface area (TPSA) is 104 Å². The van der Waals surface area contributed by atoms with Crippen LogP contribution in [0.4, 0.5) is 0 Å². The van der Waals surface area contributed by atoms with Gasteiger partial charge in [0.15, 0.2) is 5.54 Å². The van der Waals surface area contributed by atoms with Crippen LogP contribution in [0.5, 0.6) is 5.75 Å². The number of rotatable bonds is 9. The van der Waals surface area contributed by atoms with Gasteiger partial charge in [-0.15, -0.1) is 0 Å². The molecule has 8 heteroatoms. The molecule has 0 saturated heterocycles. The molecule has 36 heavy (non-hydrogen) atoms. The zero-order valence-corrected chi connectivity index (χ0v) is 23.7. The molecule has 2 N–H and O–H groups in total. The summed E-state index contributed by atoms with van der Waals surface area (Å²) in [6.07, 6.45) is 2.17. The summed E-state index contributed by atoms with van der Waals surface area (Å²) in [7, 11) is 0. The Morgan fingerprint density at radius 1 is 0.944 bits per heavy atom. The fourth-order valence-electron chi connectivity index (χ4n) is 4.22. The average Bonchev–Trinajstić information content (AvgIpc) is 2.75. The smallest absolute Gasteiger partial charge is 0.330 e. The molecule has 0 unspecified atom stereocenters. The number of benzene rings is 2. The summed E-state index contributed by atoms with van der Waals surface area (Å²) >= 11 is 2.15. The molecule has 7 nitrogen and oxygen atoms in total. The van der Waals surface area contributed by atoms with E-state index in [0.29, 0.717) is 12.4 Å². The lowest BCUT2D eigenvalue weighted by molar-refractivity contribution is -0.179. The molecule has 194 valence electrons. The van der Waals surface area contributed by atoms with Crippen molar-refractivity contribution in [3.63, 3.8) is 0 Å². The Labute approximate surface area is 226 Å². The van der Waals surface area contributed by atoms with E-state index in [1.807, 2.05) is 48.5 Å². The molecular weight excluding hydrogens is 573 g/mol. The zero-order chi connectivity index (χ0) is 27.3. The number of amides is 1. The van der Waals surface area contributed by atoms with Crippen molar-refractivity contribution >= 4 is 46.5 Å². The molecule has 0 radical (unpaired) electrons. The van der Waals surface area contributed by atoms with Crippen molar-refractivity contribution in [1.82, 2.24) is 4.90 Å². The third-order valence-corrected chi connectivity index (χ3v) is 7.06. The summed E-state index contributed by atoms with van der Waals surface area (Å²) in [6, 6.07) is 15.2. The normalized spacial score (nSPS) is 13.8. The maximum absolute atomic E-state index is 13.6. The number of carboxylic acid groups (broad SMARTS) is 2. The predicted molar refractivity (Wildman–Crippen MR) is 148 cm³/mol. The number of aliphatic carboxylic acids is 2. The standard InChI is InChI=1S/C28H34INO6/c1-26(2,3)28(25(34)35,17-23(32)33)30(27(4,5)6)22(31)16-15-20-13-10-14-21(24(20)29)36-18-19-11-8-7-9-12-19/h7-16H,17-18H2,1-6H3,(H,32,33)(H,34,35)/b16-15+/t28-/m0/s1. The van der Waals surface area contributed by atoms with Crippen molar-refractivity contribution in [2.24, 2.45) is 5.41 Å². The van der Waals surface area contributed by atoms with Gasteiger partial charge in [0.25, 0.3) is 0 Å². The van der Waals surface area contributed by atoms with Gasteiger partial charge < -0.3 is 19.8 Å². The summed E-state index contributed by atoms with van der Waals surface area (Å²) < 4.78 is 6.76. The quantitative estimate of drug-likeness (QED) is 0.274. The molecule has 0 aromatic heterocycles. The van der Waals surface area contributed by atoms with Gasteiger partial charge in [-0.25, -0.2) is 4.79 Å². The van der Waals surface area contributed by atoms with E-state index in [4.69, 9.17) is 4.74 Å². The molecule has 2 aromatic rings. The highest BCUT2D eigenvalue weighted by molar-refractivity contribution is 14.1. The van der Waals surface area contributed by atoms with Crippen molar-refractivity contribution in [3.8, 4) is 5.75 Å². The maximum atomic E-state index is 13.6. The molecular formula is C28H34INO6. The lowest BCUT2D eigenvalue weighted by atomic mass is 9.68. The number of nitrogens with zero attached hydrogens (tertiary/aromatic N) is 1. The third-order valence-electron chi connectivity index (χ3n) is 5.91. The summed E-state index contributed by atoms with van der Waals surface area (Å²) in [5.41, 5.74) is -2.29. The molecule has 0 spiro atoms. The van der Waals surface area contributed by atoms with Gasteiger partial charge >= 0.3 is 11.9 Å². The van der Waals surface area contributed by atoms with E-state index in [-0.39, 0.29) is 0 Å². The Morgan fingerprint density at radius 2 is 1.56 bits per heavy atom. The van der Waals surface area contributed by atoms with Crippen LogP contribution in [0.3, 0.4) is 0 Å². The first kappa shape index (κ1) is 29.4. The molecule has 2 aromatic carbocycles. The molecule has 1 amide bonds. The lowest BCUT2D eigenvalue weighted by Crippen LogP contribution is -2.69. The van der Waals surface area contributed by atoms with Gasteiger partial charge in [0.1, 0.15) is 12.4 Å². The number of halogens is 1. The van der Waals surface area contributed by atoms with E-state index in [9.17, 15) is 24.6 Å². The minimum absolute atomic E-state index is 0.392. The van der Waals surface area contributed by atoms with Crippen molar-refractivity contribution in [2.45, 2.75) is 65.6 Å². The Kier molecular flexibility index (Phi) is 9.34. The zero-order valence-electron chi connectivity index (χ0n) is 21.5. The second-order valence-electron chi connectivity index (χ2n) is 10.6. The highest BCUT2D eigenvalue weighted by atomic mass is 127. The molecule has 2 rings (SSSR count). The fraction of sp³-hybridized carbons (Fsp3) is 0.393. The predicted octanol–water partition coefficient (Wildman–Crippen LogP) is 5.85.